The van der Waals surface area contributed by atoms with Crippen molar-refractivity contribution in [3.8, 4) is 11.1 Å². The molecule has 0 bridgehead atoms. The molecule has 0 aromatic heterocycles. The fraction of sp³-hybridized carbons (Fsp3) is 0.250. The van der Waals surface area contributed by atoms with Gasteiger partial charge >= 0.3 is 0 Å². The monoisotopic (exact) mass is 449 g/mol. The van der Waals surface area contributed by atoms with Gasteiger partial charge in [-0.1, -0.05) is 42.5 Å². The van der Waals surface area contributed by atoms with Crippen molar-refractivity contribution in [1.29, 1.82) is 0 Å². The summed E-state index contributed by atoms with van der Waals surface area (Å²) in [5, 5.41) is 0. The van der Waals surface area contributed by atoms with Gasteiger partial charge in [0.05, 0.1) is 6.04 Å². The second-order valence-corrected chi connectivity index (χ2v) is 8.72. The average molecular weight is 450 g/mol. The quantitative estimate of drug-likeness (QED) is 0.372. The number of halogens is 3. The third-order valence-corrected chi connectivity index (χ3v) is 6.74. The number of amides is 1. The molecule has 1 saturated heterocycles. The predicted octanol–water partition coefficient (Wildman–Crippen LogP) is 6.97. The molecule has 0 unspecified atom stereocenters. The first-order valence-corrected chi connectivity index (χ1v) is 11.0. The minimum atomic E-state index is -0.613. The maximum atomic E-state index is 14.1. The lowest BCUT2D eigenvalue weighted by atomic mass is 9.70. The Bertz CT molecular complexity index is 1160. The van der Waals surface area contributed by atoms with Crippen LogP contribution in [0.15, 0.2) is 79.4 Å². The molecule has 1 amide bonds. The summed E-state index contributed by atoms with van der Waals surface area (Å²) in [6.07, 6.45) is 3.54. The van der Waals surface area contributed by atoms with Crippen molar-refractivity contribution in [2.45, 2.75) is 37.6 Å². The standard InChI is InChI=1S/C28H26F3NO/c1-3-14-28(22-8-10-23(29)11-9-22)15-16-32(27(33)18-28)19(2)20-4-6-21(7-5-20)25-13-12-24(30)17-26(25)31/h3-13,17,19H,1,14-16,18H2,2H3/t19-,28+/m0/s1. The fourth-order valence-corrected chi connectivity index (χ4v) is 4.81. The second-order valence-electron chi connectivity index (χ2n) is 8.72. The van der Waals surface area contributed by atoms with Crippen molar-refractivity contribution in [3.05, 3.63) is 108 Å². The van der Waals surface area contributed by atoms with Crippen LogP contribution in [0.1, 0.15) is 43.4 Å². The van der Waals surface area contributed by atoms with Gasteiger partial charge in [0.1, 0.15) is 17.5 Å². The molecule has 0 radical (unpaired) electrons. The molecule has 170 valence electrons. The molecular weight excluding hydrogens is 423 g/mol. The molecule has 0 saturated carbocycles. The van der Waals surface area contributed by atoms with Crippen LogP contribution in [-0.4, -0.2) is 17.4 Å². The molecule has 1 aliphatic heterocycles. The van der Waals surface area contributed by atoms with Crippen molar-refractivity contribution in [2.75, 3.05) is 6.54 Å². The number of piperidine rings is 1. The molecule has 3 aromatic carbocycles. The maximum Gasteiger partial charge on any atom is 0.223 e. The van der Waals surface area contributed by atoms with Crippen LogP contribution < -0.4 is 0 Å². The lowest BCUT2D eigenvalue weighted by molar-refractivity contribution is -0.138. The van der Waals surface area contributed by atoms with Crippen LogP contribution in [0.3, 0.4) is 0 Å². The Balaban J connectivity index is 1.52. The van der Waals surface area contributed by atoms with E-state index >= 15 is 0 Å². The van der Waals surface area contributed by atoms with Gasteiger partial charge in [-0.05, 0) is 60.7 Å². The van der Waals surface area contributed by atoms with Crippen LogP contribution in [-0.2, 0) is 10.2 Å². The van der Waals surface area contributed by atoms with E-state index in [1.807, 2.05) is 30.0 Å². The second kappa shape index (κ2) is 9.26. The number of benzene rings is 3. The molecular formula is C28H26F3NO. The van der Waals surface area contributed by atoms with Crippen LogP contribution >= 0.6 is 0 Å². The number of rotatable bonds is 6. The highest BCUT2D eigenvalue weighted by Gasteiger charge is 2.40. The first-order chi connectivity index (χ1) is 15.8. The van der Waals surface area contributed by atoms with Gasteiger partial charge in [-0.25, -0.2) is 13.2 Å². The van der Waals surface area contributed by atoms with E-state index in [1.165, 1.54) is 24.3 Å². The number of likely N-dealkylation sites (tertiary alicyclic amines) is 1. The summed E-state index contributed by atoms with van der Waals surface area (Å²) in [7, 11) is 0. The zero-order valence-corrected chi connectivity index (χ0v) is 18.5. The van der Waals surface area contributed by atoms with Crippen LogP contribution in [0, 0.1) is 17.5 Å². The van der Waals surface area contributed by atoms with E-state index in [0.717, 1.165) is 23.6 Å². The third-order valence-electron chi connectivity index (χ3n) is 6.74. The highest BCUT2D eigenvalue weighted by atomic mass is 19.1. The van der Waals surface area contributed by atoms with Gasteiger partial charge in [-0.15, -0.1) is 6.58 Å². The van der Waals surface area contributed by atoms with E-state index in [0.29, 0.717) is 30.5 Å². The molecule has 1 aliphatic rings. The molecule has 0 spiro atoms. The number of carbonyl (C=O) groups excluding carboxylic acids is 1. The van der Waals surface area contributed by atoms with Gasteiger partial charge < -0.3 is 4.90 Å². The van der Waals surface area contributed by atoms with E-state index in [9.17, 15) is 18.0 Å². The predicted molar refractivity (Wildman–Crippen MR) is 124 cm³/mol. The zero-order valence-electron chi connectivity index (χ0n) is 18.5. The minimum absolute atomic E-state index is 0.0357. The Labute approximate surface area is 192 Å². The largest absolute Gasteiger partial charge is 0.336 e. The smallest absolute Gasteiger partial charge is 0.223 e. The Hall–Kier alpha value is -3.34. The van der Waals surface area contributed by atoms with Crippen molar-refractivity contribution in [2.24, 2.45) is 0 Å². The zero-order chi connectivity index (χ0) is 23.6. The average Bonchev–Trinajstić information content (AvgIpc) is 2.79. The number of allylic oxidation sites excluding steroid dienone is 1. The van der Waals surface area contributed by atoms with Gasteiger partial charge in [0.25, 0.3) is 0 Å². The molecule has 33 heavy (non-hydrogen) atoms. The molecule has 1 fully saturated rings. The summed E-state index contributed by atoms with van der Waals surface area (Å²) in [5.74, 6) is -1.48. The summed E-state index contributed by atoms with van der Waals surface area (Å²) in [4.78, 5) is 15.1. The highest BCUT2D eigenvalue weighted by molar-refractivity contribution is 5.79. The van der Waals surface area contributed by atoms with Gasteiger partial charge in [0.15, 0.2) is 0 Å². The maximum absolute atomic E-state index is 14.1. The van der Waals surface area contributed by atoms with Crippen molar-refractivity contribution in [1.82, 2.24) is 4.90 Å². The molecule has 4 rings (SSSR count). The summed E-state index contributed by atoms with van der Waals surface area (Å²) < 4.78 is 40.8. The molecule has 1 heterocycles. The summed E-state index contributed by atoms with van der Waals surface area (Å²) in [6.45, 7) is 6.41. The molecule has 5 heteroatoms. The molecule has 0 N–H and O–H groups in total. The normalized spacial score (nSPS) is 19.4. The van der Waals surface area contributed by atoms with Crippen LogP contribution in [0.5, 0.6) is 0 Å². The SMILES string of the molecule is C=CC[C@@]1(c2ccc(F)cc2)CCN([C@@H](C)c2ccc(-c3ccc(F)cc3F)cc2)C(=O)C1. The first kappa shape index (κ1) is 22.8. The molecule has 0 aliphatic carbocycles. The topological polar surface area (TPSA) is 20.3 Å². The van der Waals surface area contributed by atoms with Gasteiger partial charge in [0.2, 0.25) is 5.91 Å². The van der Waals surface area contributed by atoms with E-state index in [1.54, 1.807) is 24.3 Å². The molecule has 2 atom stereocenters. The van der Waals surface area contributed by atoms with Crippen LogP contribution in [0.25, 0.3) is 11.1 Å². The van der Waals surface area contributed by atoms with Crippen LogP contribution in [0.4, 0.5) is 13.2 Å². The van der Waals surface area contributed by atoms with Crippen LogP contribution in [0.2, 0.25) is 0 Å². The first-order valence-electron chi connectivity index (χ1n) is 11.0. The van der Waals surface area contributed by atoms with Gasteiger partial charge in [-0.3, -0.25) is 4.79 Å². The van der Waals surface area contributed by atoms with E-state index in [2.05, 4.69) is 6.58 Å². The third kappa shape index (κ3) is 4.58. The number of hydrogen-bond donors (Lipinski definition) is 0. The van der Waals surface area contributed by atoms with Gasteiger partial charge in [0, 0.05) is 30.0 Å². The Morgan fingerprint density at radius 2 is 1.67 bits per heavy atom. The van der Waals surface area contributed by atoms with Crippen molar-refractivity contribution < 1.29 is 18.0 Å². The Kier molecular flexibility index (Phi) is 6.41. The molecule has 2 nitrogen and oxygen atoms in total. The fourth-order valence-electron chi connectivity index (χ4n) is 4.81. The minimum Gasteiger partial charge on any atom is -0.336 e. The van der Waals surface area contributed by atoms with Crippen molar-refractivity contribution >= 4 is 5.91 Å². The van der Waals surface area contributed by atoms with E-state index in [4.69, 9.17) is 0 Å². The highest BCUT2D eigenvalue weighted by Crippen LogP contribution is 2.41. The Morgan fingerprint density at radius 3 is 2.27 bits per heavy atom. The summed E-state index contributed by atoms with van der Waals surface area (Å²) in [5.41, 5.74) is 2.49. The molecule has 3 aromatic rings. The van der Waals surface area contributed by atoms with Crippen molar-refractivity contribution in [3.63, 3.8) is 0 Å². The lowest BCUT2D eigenvalue weighted by Crippen LogP contribution is -2.47. The Morgan fingerprint density at radius 1 is 1.00 bits per heavy atom. The lowest BCUT2D eigenvalue weighted by Gasteiger charge is -2.43. The number of nitrogens with zero attached hydrogens (tertiary/aromatic N) is 1. The number of hydrogen-bond acceptors (Lipinski definition) is 1. The van der Waals surface area contributed by atoms with E-state index in [-0.39, 0.29) is 23.2 Å². The summed E-state index contributed by atoms with van der Waals surface area (Å²) >= 11 is 0. The van der Waals surface area contributed by atoms with E-state index < -0.39 is 11.6 Å². The van der Waals surface area contributed by atoms with Gasteiger partial charge in [-0.2, -0.15) is 0 Å². The number of carbonyl (C=O) groups is 1. The summed E-state index contributed by atoms with van der Waals surface area (Å²) in [6, 6.07) is 17.1.